The zero-order valence-corrected chi connectivity index (χ0v) is 13.1. The van der Waals surface area contributed by atoms with Crippen LogP contribution in [0, 0.1) is 23.2 Å². The summed E-state index contributed by atoms with van der Waals surface area (Å²) < 4.78 is 5.89. The molecule has 1 heterocycles. The van der Waals surface area contributed by atoms with E-state index in [-0.39, 0.29) is 23.5 Å². The summed E-state index contributed by atoms with van der Waals surface area (Å²) in [7, 11) is 0. The average molecular weight is 306 g/mol. The minimum Gasteiger partial charge on any atom is -0.462 e. The van der Waals surface area contributed by atoms with Gasteiger partial charge in [0.2, 0.25) is 0 Å². The number of amides is 2. The molecule has 5 fully saturated rings. The SMILES string of the molecule is NC(=O)N1CCC(OC(=O)C23CC4CC(CC(C4)C2)C3)CC1. The predicted octanol–water partition coefficient (Wildman–Crippen LogP) is 2.29. The standard InChI is InChI=1S/C17H26N2O3/c18-16(21)19-3-1-14(2-4-19)22-15(20)17-8-11-5-12(9-17)7-13(6-11)10-17/h11-14H,1-10H2,(H2,18,21). The van der Waals surface area contributed by atoms with Crippen LogP contribution < -0.4 is 5.73 Å². The molecule has 4 aliphatic carbocycles. The third kappa shape index (κ3) is 2.38. The summed E-state index contributed by atoms with van der Waals surface area (Å²) in [5, 5.41) is 0. The number of likely N-dealkylation sites (tertiary alicyclic amines) is 1. The molecule has 5 nitrogen and oxygen atoms in total. The monoisotopic (exact) mass is 306 g/mol. The average Bonchev–Trinajstić information content (AvgIpc) is 2.46. The molecule has 4 saturated carbocycles. The number of carbonyl (C=O) groups excluding carboxylic acids is 2. The van der Waals surface area contributed by atoms with Gasteiger partial charge < -0.3 is 15.4 Å². The van der Waals surface area contributed by atoms with Crippen LogP contribution in [0.25, 0.3) is 0 Å². The van der Waals surface area contributed by atoms with Crippen molar-refractivity contribution in [3.05, 3.63) is 0 Å². The van der Waals surface area contributed by atoms with E-state index in [0.29, 0.717) is 13.1 Å². The summed E-state index contributed by atoms with van der Waals surface area (Å²) >= 11 is 0. The van der Waals surface area contributed by atoms with Crippen LogP contribution in [0.15, 0.2) is 0 Å². The van der Waals surface area contributed by atoms with Gasteiger partial charge in [0.05, 0.1) is 5.41 Å². The Hall–Kier alpha value is -1.26. The maximum absolute atomic E-state index is 12.9. The number of hydrogen-bond acceptors (Lipinski definition) is 3. The molecule has 0 unspecified atom stereocenters. The van der Waals surface area contributed by atoms with Crippen LogP contribution in [-0.4, -0.2) is 36.1 Å². The molecule has 0 aromatic heterocycles. The highest BCUT2D eigenvalue weighted by atomic mass is 16.5. The normalized spacial score (nSPS) is 40.7. The maximum Gasteiger partial charge on any atom is 0.314 e. The molecule has 0 atom stereocenters. The van der Waals surface area contributed by atoms with Gasteiger partial charge in [0.1, 0.15) is 6.10 Å². The maximum atomic E-state index is 12.9. The zero-order valence-electron chi connectivity index (χ0n) is 13.1. The van der Waals surface area contributed by atoms with Crippen LogP contribution in [0.5, 0.6) is 0 Å². The van der Waals surface area contributed by atoms with Crippen molar-refractivity contribution in [2.45, 2.75) is 57.5 Å². The number of carbonyl (C=O) groups is 2. The van der Waals surface area contributed by atoms with Gasteiger partial charge in [0, 0.05) is 25.9 Å². The fourth-order valence-electron chi connectivity index (χ4n) is 5.83. The Morgan fingerprint density at radius 1 is 0.955 bits per heavy atom. The molecule has 5 aliphatic rings. The van der Waals surface area contributed by atoms with E-state index in [1.165, 1.54) is 19.3 Å². The van der Waals surface area contributed by atoms with Gasteiger partial charge in [-0.15, -0.1) is 0 Å². The smallest absolute Gasteiger partial charge is 0.314 e. The van der Waals surface area contributed by atoms with E-state index < -0.39 is 0 Å². The molecule has 5 rings (SSSR count). The third-order valence-corrected chi connectivity index (χ3v) is 6.50. The van der Waals surface area contributed by atoms with E-state index in [0.717, 1.165) is 49.9 Å². The Labute approximate surface area is 131 Å². The second-order valence-corrected chi connectivity index (χ2v) is 8.13. The highest BCUT2D eigenvalue weighted by Gasteiger charge is 2.55. The summed E-state index contributed by atoms with van der Waals surface area (Å²) in [6.45, 7) is 1.21. The predicted molar refractivity (Wildman–Crippen MR) is 80.9 cm³/mol. The van der Waals surface area contributed by atoms with E-state index >= 15 is 0 Å². The number of urea groups is 1. The molecule has 1 saturated heterocycles. The van der Waals surface area contributed by atoms with E-state index in [4.69, 9.17) is 10.5 Å². The number of hydrogen-bond donors (Lipinski definition) is 1. The van der Waals surface area contributed by atoms with Crippen molar-refractivity contribution < 1.29 is 14.3 Å². The second kappa shape index (κ2) is 5.14. The first kappa shape index (κ1) is 14.3. The van der Waals surface area contributed by atoms with Crippen molar-refractivity contribution in [3.63, 3.8) is 0 Å². The first-order valence-electron chi connectivity index (χ1n) is 8.79. The minimum absolute atomic E-state index is 0.0314. The Bertz CT molecular complexity index is 447. The number of ether oxygens (including phenoxy) is 1. The summed E-state index contributed by atoms with van der Waals surface area (Å²) in [5.74, 6) is 2.34. The van der Waals surface area contributed by atoms with E-state index in [1.54, 1.807) is 4.90 Å². The molecule has 0 radical (unpaired) electrons. The lowest BCUT2D eigenvalue weighted by Crippen LogP contribution is -2.52. The number of nitrogens with zero attached hydrogens (tertiary/aromatic N) is 1. The van der Waals surface area contributed by atoms with Gasteiger partial charge in [0.25, 0.3) is 0 Å². The number of piperidine rings is 1. The van der Waals surface area contributed by atoms with Gasteiger partial charge in [-0.3, -0.25) is 4.79 Å². The van der Waals surface area contributed by atoms with Crippen LogP contribution in [0.4, 0.5) is 4.79 Å². The van der Waals surface area contributed by atoms with Crippen LogP contribution in [0.3, 0.4) is 0 Å². The lowest BCUT2D eigenvalue weighted by molar-refractivity contribution is -0.178. The lowest BCUT2D eigenvalue weighted by atomic mass is 9.49. The van der Waals surface area contributed by atoms with Gasteiger partial charge in [-0.1, -0.05) is 0 Å². The van der Waals surface area contributed by atoms with Gasteiger partial charge in [-0.05, 0) is 56.3 Å². The van der Waals surface area contributed by atoms with Crippen molar-refractivity contribution in [1.29, 1.82) is 0 Å². The molecular weight excluding hydrogens is 280 g/mol. The van der Waals surface area contributed by atoms with Gasteiger partial charge in [-0.2, -0.15) is 0 Å². The first-order chi connectivity index (χ1) is 10.5. The summed E-state index contributed by atoms with van der Waals surface area (Å²) in [5.41, 5.74) is 5.12. The van der Waals surface area contributed by atoms with Crippen molar-refractivity contribution >= 4 is 12.0 Å². The van der Waals surface area contributed by atoms with Crippen LogP contribution in [0.2, 0.25) is 0 Å². The number of nitrogens with two attached hydrogens (primary N) is 1. The first-order valence-corrected chi connectivity index (χ1v) is 8.79. The van der Waals surface area contributed by atoms with E-state index in [9.17, 15) is 9.59 Å². The third-order valence-electron chi connectivity index (χ3n) is 6.50. The number of primary amides is 1. The van der Waals surface area contributed by atoms with Crippen molar-refractivity contribution in [3.8, 4) is 0 Å². The highest BCUT2D eigenvalue weighted by Crippen LogP contribution is 2.60. The zero-order chi connectivity index (χ0) is 15.3. The molecule has 2 N–H and O–H groups in total. The minimum atomic E-state index is -0.370. The van der Waals surface area contributed by atoms with Crippen molar-refractivity contribution in [1.82, 2.24) is 4.90 Å². The largest absolute Gasteiger partial charge is 0.462 e. The summed E-state index contributed by atoms with van der Waals surface area (Å²) in [4.78, 5) is 25.6. The van der Waals surface area contributed by atoms with Crippen LogP contribution in [-0.2, 0) is 9.53 Å². The highest BCUT2D eigenvalue weighted by molar-refractivity contribution is 5.78. The van der Waals surface area contributed by atoms with Crippen molar-refractivity contribution in [2.24, 2.45) is 28.9 Å². The number of rotatable bonds is 2. The fourth-order valence-corrected chi connectivity index (χ4v) is 5.83. The molecule has 1 aliphatic heterocycles. The van der Waals surface area contributed by atoms with Crippen LogP contribution >= 0.6 is 0 Å². The molecule has 4 bridgehead atoms. The topological polar surface area (TPSA) is 72.6 Å². The Kier molecular flexibility index (Phi) is 3.35. The Balaban J connectivity index is 1.38. The molecule has 5 heteroatoms. The molecular formula is C17H26N2O3. The van der Waals surface area contributed by atoms with E-state index in [2.05, 4.69) is 0 Å². The molecule has 122 valence electrons. The van der Waals surface area contributed by atoms with Crippen LogP contribution in [0.1, 0.15) is 51.4 Å². The molecule has 0 aromatic carbocycles. The molecule has 2 amide bonds. The molecule has 22 heavy (non-hydrogen) atoms. The van der Waals surface area contributed by atoms with E-state index in [1.807, 2.05) is 0 Å². The van der Waals surface area contributed by atoms with Gasteiger partial charge >= 0.3 is 12.0 Å². The fraction of sp³-hybridized carbons (Fsp3) is 0.882. The Morgan fingerprint density at radius 3 is 1.91 bits per heavy atom. The number of esters is 1. The summed E-state index contributed by atoms with van der Waals surface area (Å²) in [6, 6.07) is -0.370. The van der Waals surface area contributed by atoms with Gasteiger partial charge in [-0.25, -0.2) is 4.79 Å². The Morgan fingerprint density at radius 2 is 1.45 bits per heavy atom. The van der Waals surface area contributed by atoms with Crippen molar-refractivity contribution in [2.75, 3.05) is 13.1 Å². The molecule has 0 spiro atoms. The lowest BCUT2D eigenvalue weighted by Gasteiger charge is -2.55. The second-order valence-electron chi connectivity index (χ2n) is 8.13. The van der Waals surface area contributed by atoms with Gasteiger partial charge in [0.15, 0.2) is 0 Å². The quantitative estimate of drug-likeness (QED) is 0.796. The summed E-state index contributed by atoms with van der Waals surface area (Å²) in [6.07, 6.45) is 8.59. The molecule has 0 aromatic rings.